The van der Waals surface area contributed by atoms with E-state index in [9.17, 15) is 0 Å². The Labute approximate surface area is 183 Å². The third-order valence-electron chi connectivity index (χ3n) is 3.99. The van der Waals surface area contributed by atoms with Crippen LogP contribution < -0.4 is 15.8 Å². The number of rotatable bonds is 8. The van der Waals surface area contributed by atoms with Crippen LogP contribution in [0.2, 0.25) is 0 Å². The lowest BCUT2D eigenvalue weighted by molar-refractivity contribution is 0.306. The lowest BCUT2D eigenvalue weighted by Gasteiger charge is -2.08. The number of nitrogens with one attached hydrogen (secondary N) is 1. The summed E-state index contributed by atoms with van der Waals surface area (Å²) in [6.07, 6.45) is 2.60. The number of aliphatic imine (C=N–C) groups is 1. The lowest BCUT2D eigenvalue weighted by Crippen LogP contribution is -2.33. The SMILES string of the molecule is I.NC(=NCc1cccc(OCc2ccccc2)c1)NCCc1ccccn1. The smallest absolute Gasteiger partial charge is 0.188 e. The monoisotopic (exact) mass is 488 g/mol. The zero-order valence-electron chi connectivity index (χ0n) is 15.6. The highest BCUT2D eigenvalue weighted by atomic mass is 127. The highest BCUT2D eigenvalue weighted by molar-refractivity contribution is 14.0. The first kappa shape index (κ1) is 21.7. The van der Waals surface area contributed by atoms with Crippen LogP contribution in [0, 0.1) is 0 Å². The minimum Gasteiger partial charge on any atom is -0.489 e. The van der Waals surface area contributed by atoms with Crippen molar-refractivity contribution in [3.63, 3.8) is 0 Å². The standard InChI is InChI=1S/C22H24N4O.HI/c23-22(25-14-12-20-10-4-5-13-24-20)26-16-19-9-6-11-21(15-19)27-17-18-7-2-1-3-8-18;/h1-11,13,15H,12,14,16-17H2,(H3,23,25,26);1H. The summed E-state index contributed by atoms with van der Waals surface area (Å²) in [5, 5.41) is 3.12. The molecule has 1 heterocycles. The van der Waals surface area contributed by atoms with E-state index in [0.29, 0.717) is 25.7 Å². The summed E-state index contributed by atoms with van der Waals surface area (Å²) >= 11 is 0. The van der Waals surface area contributed by atoms with E-state index in [1.807, 2.05) is 72.8 Å². The Balaban J connectivity index is 0.00000280. The first-order valence-corrected chi connectivity index (χ1v) is 8.99. The maximum absolute atomic E-state index is 5.95. The molecule has 0 aliphatic rings. The van der Waals surface area contributed by atoms with Crippen LogP contribution in [0.1, 0.15) is 16.8 Å². The highest BCUT2D eigenvalue weighted by Crippen LogP contribution is 2.15. The normalized spacial score (nSPS) is 10.8. The predicted molar refractivity (Wildman–Crippen MR) is 124 cm³/mol. The van der Waals surface area contributed by atoms with Crippen LogP contribution in [0.5, 0.6) is 5.75 Å². The van der Waals surface area contributed by atoms with E-state index >= 15 is 0 Å². The zero-order chi connectivity index (χ0) is 18.7. The van der Waals surface area contributed by atoms with E-state index in [0.717, 1.165) is 29.0 Å². The molecule has 28 heavy (non-hydrogen) atoms. The molecule has 0 unspecified atom stereocenters. The van der Waals surface area contributed by atoms with Crippen molar-refractivity contribution in [1.29, 1.82) is 0 Å². The van der Waals surface area contributed by atoms with E-state index in [-0.39, 0.29) is 24.0 Å². The van der Waals surface area contributed by atoms with Gasteiger partial charge in [0.25, 0.3) is 0 Å². The van der Waals surface area contributed by atoms with E-state index in [2.05, 4.69) is 15.3 Å². The van der Waals surface area contributed by atoms with Crippen molar-refractivity contribution in [2.24, 2.45) is 10.7 Å². The van der Waals surface area contributed by atoms with Crippen molar-refractivity contribution in [3.8, 4) is 5.75 Å². The number of hydrogen-bond acceptors (Lipinski definition) is 3. The number of benzene rings is 2. The molecule has 0 spiro atoms. The van der Waals surface area contributed by atoms with Gasteiger partial charge in [-0.1, -0.05) is 48.5 Å². The molecule has 0 radical (unpaired) electrons. The third kappa shape index (κ3) is 7.56. The van der Waals surface area contributed by atoms with Gasteiger partial charge in [-0.05, 0) is 35.4 Å². The summed E-state index contributed by atoms with van der Waals surface area (Å²) in [4.78, 5) is 8.68. The molecular weight excluding hydrogens is 463 g/mol. The number of nitrogens with zero attached hydrogens (tertiary/aromatic N) is 2. The van der Waals surface area contributed by atoms with Gasteiger partial charge in [-0.15, -0.1) is 24.0 Å². The van der Waals surface area contributed by atoms with Crippen LogP contribution in [0.4, 0.5) is 0 Å². The second kappa shape index (κ2) is 12.0. The molecule has 3 aromatic rings. The van der Waals surface area contributed by atoms with E-state index in [1.54, 1.807) is 6.20 Å². The Morgan fingerprint density at radius 2 is 1.75 bits per heavy atom. The van der Waals surface area contributed by atoms with Gasteiger partial charge in [0.05, 0.1) is 6.54 Å². The maximum atomic E-state index is 5.95. The van der Waals surface area contributed by atoms with Crippen molar-refractivity contribution in [3.05, 3.63) is 95.8 Å². The van der Waals surface area contributed by atoms with Gasteiger partial charge in [-0.3, -0.25) is 4.98 Å². The number of nitrogens with two attached hydrogens (primary N) is 1. The van der Waals surface area contributed by atoms with Gasteiger partial charge in [-0.25, -0.2) is 4.99 Å². The minimum atomic E-state index is 0. The van der Waals surface area contributed by atoms with Crippen molar-refractivity contribution in [2.45, 2.75) is 19.6 Å². The summed E-state index contributed by atoms with van der Waals surface area (Å²) in [6, 6.07) is 23.9. The molecular formula is C22H25IN4O. The zero-order valence-corrected chi connectivity index (χ0v) is 18.0. The Hall–Kier alpha value is -2.61. The molecule has 2 aromatic carbocycles. The first-order chi connectivity index (χ1) is 13.3. The van der Waals surface area contributed by atoms with Gasteiger partial charge in [0, 0.05) is 24.9 Å². The van der Waals surface area contributed by atoms with Crippen LogP contribution in [0.15, 0.2) is 84.0 Å². The van der Waals surface area contributed by atoms with Crippen molar-refractivity contribution >= 4 is 29.9 Å². The molecule has 0 amide bonds. The Morgan fingerprint density at radius 1 is 0.964 bits per heavy atom. The molecule has 3 rings (SSSR count). The largest absolute Gasteiger partial charge is 0.489 e. The van der Waals surface area contributed by atoms with E-state index in [1.165, 1.54) is 0 Å². The van der Waals surface area contributed by atoms with Gasteiger partial charge in [0.2, 0.25) is 0 Å². The fourth-order valence-electron chi connectivity index (χ4n) is 2.57. The number of halogens is 1. The minimum absolute atomic E-state index is 0. The summed E-state index contributed by atoms with van der Waals surface area (Å²) in [5.74, 6) is 1.26. The molecule has 0 atom stereocenters. The summed E-state index contributed by atoms with van der Waals surface area (Å²) in [6.45, 7) is 1.75. The van der Waals surface area contributed by atoms with Crippen LogP contribution >= 0.6 is 24.0 Å². The highest BCUT2D eigenvalue weighted by Gasteiger charge is 1.99. The number of pyridine rings is 1. The topological polar surface area (TPSA) is 72.5 Å². The molecule has 0 saturated heterocycles. The molecule has 1 aromatic heterocycles. The van der Waals surface area contributed by atoms with Crippen molar-refractivity contribution < 1.29 is 4.74 Å². The van der Waals surface area contributed by atoms with Gasteiger partial charge < -0.3 is 15.8 Å². The van der Waals surface area contributed by atoms with E-state index in [4.69, 9.17) is 10.5 Å². The van der Waals surface area contributed by atoms with Crippen LogP contribution in [-0.2, 0) is 19.6 Å². The summed E-state index contributed by atoms with van der Waals surface area (Å²) in [5.41, 5.74) is 9.17. The summed E-state index contributed by atoms with van der Waals surface area (Å²) < 4.78 is 5.85. The summed E-state index contributed by atoms with van der Waals surface area (Å²) in [7, 11) is 0. The van der Waals surface area contributed by atoms with Crippen LogP contribution in [-0.4, -0.2) is 17.5 Å². The second-order valence-electron chi connectivity index (χ2n) is 6.12. The first-order valence-electron chi connectivity index (χ1n) is 8.99. The second-order valence-corrected chi connectivity index (χ2v) is 6.12. The number of guanidine groups is 1. The number of aromatic nitrogens is 1. The number of hydrogen-bond donors (Lipinski definition) is 2. The Bertz CT molecular complexity index is 857. The van der Waals surface area contributed by atoms with Crippen LogP contribution in [0.25, 0.3) is 0 Å². The fourth-order valence-corrected chi connectivity index (χ4v) is 2.57. The molecule has 146 valence electrons. The average molecular weight is 488 g/mol. The molecule has 0 aliphatic heterocycles. The van der Waals surface area contributed by atoms with Crippen molar-refractivity contribution in [1.82, 2.24) is 10.3 Å². The third-order valence-corrected chi connectivity index (χ3v) is 3.99. The van der Waals surface area contributed by atoms with E-state index < -0.39 is 0 Å². The van der Waals surface area contributed by atoms with Crippen molar-refractivity contribution in [2.75, 3.05) is 6.54 Å². The number of ether oxygens (including phenoxy) is 1. The molecule has 0 aliphatic carbocycles. The predicted octanol–water partition coefficient (Wildman–Crippen LogP) is 3.93. The Kier molecular flexibility index (Phi) is 9.27. The van der Waals surface area contributed by atoms with Gasteiger partial charge in [0.15, 0.2) is 5.96 Å². The molecule has 0 fully saturated rings. The lowest BCUT2D eigenvalue weighted by atomic mass is 10.2. The van der Waals surface area contributed by atoms with Gasteiger partial charge in [0.1, 0.15) is 12.4 Å². The molecule has 0 bridgehead atoms. The molecule has 5 nitrogen and oxygen atoms in total. The Morgan fingerprint density at radius 3 is 2.54 bits per heavy atom. The molecule has 0 saturated carbocycles. The molecule has 3 N–H and O–H groups in total. The quantitative estimate of drug-likeness (QED) is 0.287. The molecule has 6 heteroatoms. The average Bonchev–Trinajstić information content (AvgIpc) is 2.73. The fraction of sp³-hybridized carbons (Fsp3) is 0.182. The van der Waals surface area contributed by atoms with Gasteiger partial charge >= 0.3 is 0 Å². The maximum Gasteiger partial charge on any atom is 0.188 e. The van der Waals surface area contributed by atoms with Gasteiger partial charge in [-0.2, -0.15) is 0 Å². The van der Waals surface area contributed by atoms with Crippen LogP contribution in [0.3, 0.4) is 0 Å².